The van der Waals surface area contributed by atoms with Crippen molar-refractivity contribution in [2.24, 2.45) is 0 Å². The molecule has 1 nitrogen and oxygen atoms in total. The van der Waals surface area contributed by atoms with Gasteiger partial charge in [-0.1, -0.05) is 0 Å². The van der Waals surface area contributed by atoms with Crippen LogP contribution in [0.1, 0.15) is 0 Å². The van der Waals surface area contributed by atoms with Gasteiger partial charge in [-0.3, -0.25) is 0 Å². The maximum atomic E-state index is 3.50. The van der Waals surface area contributed by atoms with Crippen molar-refractivity contribution >= 4 is 31.6 Å². The molecule has 0 fully saturated rings. The van der Waals surface area contributed by atoms with Crippen LogP contribution in [0.15, 0.2) is 30.3 Å². The molecule has 1 aromatic carbocycles. The molecule has 0 radical (unpaired) electrons. The zero-order chi connectivity index (χ0) is 8.32. The fourth-order valence-electron chi connectivity index (χ4n) is 0.824. The van der Waals surface area contributed by atoms with E-state index in [4.69, 9.17) is 0 Å². The molecule has 0 saturated heterocycles. The molecule has 0 bridgehead atoms. The van der Waals surface area contributed by atoms with Crippen LogP contribution in [-0.2, 0) is 0 Å². The van der Waals surface area contributed by atoms with Crippen LogP contribution >= 0.6 is 4.64 Å². The summed E-state index contributed by atoms with van der Waals surface area (Å²) in [6.07, 6.45) is 0. The van der Waals surface area contributed by atoms with E-state index in [-0.39, 0.29) is 0 Å². The van der Waals surface area contributed by atoms with Crippen LogP contribution in [-0.4, -0.2) is 34.6 Å². The predicted octanol–water partition coefficient (Wildman–Crippen LogP) is 2.37. The van der Waals surface area contributed by atoms with Crippen molar-refractivity contribution in [3.05, 3.63) is 30.3 Å². The van der Waals surface area contributed by atoms with E-state index in [2.05, 4.69) is 63.9 Å². The molecule has 1 N–H and O–H groups in total. The predicted molar refractivity (Wildman–Crippen MR) is 54.6 cm³/mol. The molecule has 0 aliphatic carbocycles. The van der Waals surface area contributed by atoms with E-state index < -0.39 is 4.64 Å². The topological polar surface area (TPSA) is 12.0 Å². The quantitative estimate of drug-likeness (QED) is 0.648. The Kier molecular flexibility index (Phi) is 3.19. The van der Waals surface area contributed by atoms with Crippen LogP contribution in [0.3, 0.4) is 0 Å². The Morgan fingerprint density at radius 3 is 2.18 bits per heavy atom. The van der Waals surface area contributed by atoms with Gasteiger partial charge >= 0.3 is 80.3 Å². The van der Waals surface area contributed by atoms with Gasteiger partial charge in [0.15, 0.2) is 0 Å². The Bertz CT molecular complexity index is 265. The van der Waals surface area contributed by atoms with Crippen LogP contribution in [0.5, 0.6) is 0 Å². The first-order valence-electron chi connectivity index (χ1n) is 3.46. The summed E-state index contributed by atoms with van der Waals surface area (Å²) in [5.74, 6) is 0. The molecule has 0 aromatic heterocycles. The number of hydrogen-bond donors (Lipinski definition) is 1. The van der Waals surface area contributed by atoms with E-state index in [0.29, 0.717) is 0 Å². The van der Waals surface area contributed by atoms with Crippen LogP contribution in [0.25, 0.3) is 0 Å². The molecule has 11 heavy (non-hydrogen) atoms. The Hall–Kier alpha value is 0.240. The van der Waals surface area contributed by atoms with Crippen molar-refractivity contribution in [1.82, 2.24) is 0 Å². The van der Waals surface area contributed by atoms with Crippen LogP contribution < -0.4 is 5.09 Å². The van der Waals surface area contributed by atoms with Crippen LogP contribution in [0.2, 0.25) is 0 Å². The number of anilines is 1. The molecule has 0 spiro atoms. The average molecular weight is 281 g/mol. The number of benzene rings is 1. The SMILES string of the molecule is CP(C)(=[Te])Nc1ccccc1. The molecule has 0 aliphatic rings. The molecule has 0 heterocycles. The van der Waals surface area contributed by atoms with Gasteiger partial charge < -0.3 is 0 Å². The first kappa shape index (κ1) is 9.33. The summed E-state index contributed by atoms with van der Waals surface area (Å²) in [5, 5.41) is 3.50. The Morgan fingerprint density at radius 1 is 1.18 bits per heavy atom. The van der Waals surface area contributed by atoms with Gasteiger partial charge in [-0.15, -0.1) is 0 Å². The van der Waals surface area contributed by atoms with E-state index in [1.807, 2.05) is 6.07 Å². The fraction of sp³-hybridized carbons (Fsp3) is 0.250. The van der Waals surface area contributed by atoms with E-state index in [0.717, 1.165) is 0 Å². The van der Waals surface area contributed by atoms with E-state index in [1.54, 1.807) is 0 Å². The van der Waals surface area contributed by atoms with Gasteiger partial charge in [0.05, 0.1) is 0 Å². The van der Waals surface area contributed by atoms with Gasteiger partial charge in [0.2, 0.25) is 0 Å². The zero-order valence-electron chi connectivity index (χ0n) is 6.74. The molecule has 0 atom stereocenters. The molecule has 0 saturated carbocycles. The molecular formula is C8H12NPTe. The second-order valence-electron chi connectivity index (χ2n) is 2.83. The minimum atomic E-state index is -0.878. The Balaban J connectivity index is 2.74. The third kappa shape index (κ3) is 3.97. The molecule has 0 amide bonds. The summed E-state index contributed by atoms with van der Waals surface area (Å²) in [7, 11) is 0. The standard InChI is InChI=1S/C8H12NPTe/c1-10(2,11)9-8-6-4-3-5-7-8/h3-7H,1-2H3,(H,9,11). The van der Waals surface area contributed by atoms with Crippen molar-refractivity contribution < 1.29 is 0 Å². The Labute approximate surface area is 80.3 Å². The first-order chi connectivity index (χ1) is 5.08. The normalized spacial score (nSPS) is 11.1. The van der Waals surface area contributed by atoms with Crippen LogP contribution in [0.4, 0.5) is 5.69 Å². The molecule has 3 heteroatoms. The maximum absolute atomic E-state index is 3.50. The van der Waals surface area contributed by atoms with E-state index in [9.17, 15) is 0 Å². The summed E-state index contributed by atoms with van der Waals surface area (Å²) in [5.41, 5.74) is 1.23. The van der Waals surface area contributed by atoms with Crippen molar-refractivity contribution in [1.29, 1.82) is 0 Å². The molecule has 0 aliphatic heterocycles. The molecule has 1 aromatic rings. The molecule has 0 unspecified atom stereocenters. The van der Waals surface area contributed by atoms with Crippen molar-refractivity contribution in [2.75, 3.05) is 18.4 Å². The van der Waals surface area contributed by atoms with Gasteiger partial charge in [0.25, 0.3) is 0 Å². The van der Waals surface area contributed by atoms with Gasteiger partial charge in [-0.05, 0) is 0 Å². The van der Waals surface area contributed by atoms with E-state index in [1.165, 1.54) is 5.69 Å². The average Bonchev–Trinajstić information content (AvgIpc) is 1.85. The molecule has 60 valence electrons. The van der Waals surface area contributed by atoms with E-state index >= 15 is 0 Å². The number of para-hydroxylation sites is 1. The van der Waals surface area contributed by atoms with Crippen molar-refractivity contribution in [3.8, 4) is 0 Å². The third-order valence-corrected chi connectivity index (χ3v) is 2.75. The molecular weight excluding hydrogens is 269 g/mol. The van der Waals surface area contributed by atoms with Crippen molar-refractivity contribution in [3.63, 3.8) is 0 Å². The number of nitrogens with one attached hydrogen (secondary N) is 1. The van der Waals surface area contributed by atoms with Gasteiger partial charge in [0, 0.05) is 0 Å². The molecule has 1 rings (SSSR count). The number of rotatable bonds is 2. The Morgan fingerprint density at radius 2 is 1.73 bits per heavy atom. The summed E-state index contributed by atoms with van der Waals surface area (Å²) in [4.78, 5) is 0. The minimum absolute atomic E-state index is 0.878. The third-order valence-electron chi connectivity index (χ3n) is 1.17. The zero-order valence-corrected chi connectivity index (χ0v) is 9.97. The van der Waals surface area contributed by atoms with Crippen LogP contribution in [0, 0.1) is 0 Å². The van der Waals surface area contributed by atoms with Gasteiger partial charge in [0.1, 0.15) is 0 Å². The van der Waals surface area contributed by atoms with Gasteiger partial charge in [-0.25, -0.2) is 0 Å². The first-order valence-corrected chi connectivity index (χ1v) is 9.19. The second kappa shape index (κ2) is 3.76. The summed E-state index contributed by atoms with van der Waals surface area (Å²) in [6, 6.07) is 10.4. The van der Waals surface area contributed by atoms with Crippen molar-refractivity contribution in [2.45, 2.75) is 0 Å². The monoisotopic (exact) mass is 283 g/mol. The summed E-state index contributed by atoms with van der Waals surface area (Å²) >= 11 is 2.19. The summed E-state index contributed by atoms with van der Waals surface area (Å²) < 4.78 is -0.878. The summed E-state index contributed by atoms with van der Waals surface area (Å²) in [6.45, 7) is 4.54. The fourth-order valence-corrected chi connectivity index (χ4v) is 2.50. The van der Waals surface area contributed by atoms with Gasteiger partial charge in [-0.2, -0.15) is 0 Å². The second-order valence-corrected chi connectivity index (χ2v) is 13.6. The number of hydrogen-bond acceptors (Lipinski definition) is 1.